The molecule has 128 valence electrons. The molecule has 2 aromatic rings. The fourth-order valence-electron chi connectivity index (χ4n) is 2.62. The standard InChI is InChI=1S/C20H14N2O2S2/c1-13-4-7-15(8-5-13)19-10-16(17(12-21)22-3)11-20(26(19,23)24)18-9-6-14(2)25-18/h4-11H,1-2H3/b17-16+. The number of thiophene rings is 1. The molecule has 0 fully saturated rings. The van der Waals surface area contributed by atoms with Gasteiger partial charge in [0.15, 0.2) is 0 Å². The first-order valence-electron chi connectivity index (χ1n) is 7.71. The molecule has 1 aromatic heterocycles. The maximum absolute atomic E-state index is 13.2. The monoisotopic (exact) mass is 378 g/mol. The van der Waals surface area contributed by atoms with Gasteiger partial charge in [-0.1, -0.05) is 29.8 Å². The van der Waals surface area contributed by atoms with Crippen molar-refractivity contribution < 1.29 is 8.42 Å². The number of benzene rings is 1. The lowest BCUT2D eigenvalue weighted by atomic mass is 10.1. The smallest absolute Gasteiger partial charge is 0.226 e. The van der Waals surface area contributed by atoms with Crippen LogP contribution in [0.1, 0.15) is 20.9 Å². The van der Waals surface area contributed by atoms with Crippen molar-refractivity contribution in [3.63, 3.8) is 0 Å². The lowest BCUT2D eigenvalue weighted by molar-refractivity contribution is 0.614. The van der Waals surface area contributed by atoms with E-state index in [1.165, 1.54) is 23.5 Å². The predicted molar refractivity (Wildman–Crippen MR) is 104 cm³/mol. The number of rotatable bonds is 2. The Morgan fingerprint density at radius 2 is 1.73 bits per heavy atom. The highest BCUT2D eigenvalue weighted by Gasteiger charge is 2.31. The molecule has 0 aliphatic carbocycles. The van der Waals surface area contributed by atoms with Gasteiger partial charge in [-0.2, -0.15) is 0 Å². The normalized spacial score (nSPS) is 17.5. The molecule has 3 rings (SSSR count). The van der Waals surface area contributed by atoms with Crippen LogP contribution in [0.5, 0.6) is 0 Å². The highest BCUT2D eigenvalue weighted by molar-refractivity contribution is 8.09. The van der Waals surface area contributed by atoms with Crippen LogP contribution in [0.25, 0.3) is 14.7 Å². The zero-order chi connectivity index (χ0) is 18.9. The Bertz CT molecular complexity index is 1150. The summed E-state index contributed by atoms with van der Waals surface area (Å²) in [6.07, 6.45) is 2.84. The number of aryl methyl sites for hydroxylation is 2. The summed E-state index contributed by atoms with van der Waals surface area (Å²) in [5, 5.41) is 9.24. The zero-order valence-corrected chi connectivity index (χ0v) is 15.8. The van der Waals surface area contributed by atoms with Gasteiger partial charge in [0.25, 0.3) is 5.70 Å². The molecule has 0 saturated carbocycles. The molecule has 2 heterocycles. The second-order valence-electron chi connectivity index (χ2n) is 5.82. The summed E-state index contributed by atoms with van der Waals surface area (Å²) in [5.74, 6) is 0. The lowest BCUT2D eigenvalue weighted by Gasteiger charge is -2.18. The maximum Gasteiger partial charge on any atom is 0.269 e. The molecule has 4 nitrogen and oxygen atoms in total. The van der Waals surface area contributed by atoms with Crippen molar-refractivity contribution in [2.45, 2.75) is 13.8 Å². The van der Waals surface area contributed by atoms with E-state index >= 15 is 0 Å². The SMILES string of the molecule is [C-]#[N+]/C(C#N)=C1\C=C(c2ccc(C)cc2)S(=O)(=O)C(c2ccc(C)s2)=C1. The first-order valence-corrected chi connectivity index (χ1v) is 10.0. The Labute approximate surface area is 156 Å². The highest BCUT2D eigenvalue weighted by Crippen LogP contribution is 2.41. The van der Waals surface area contributed by atoms with E-state index in [-0.39, 0.29) is 15.5 Å². The third-order valence-electron chi connectivity index (χ3n) is 3.96. The van der Waals surface area contributed by atoms with E-state index in [0.29, 0.717) is 16.0 Å². The van der Waals surface area contributed by atoms with Gasteiger partial charge in [-0.05, 0) is 49.3 Å². The summed E-state index contributed by atoms with van der Waals surface area (Å²) in [6, 6.07) is 12.6. The summed E-state index contributed by atoms with van der Waals surface area (Å²) >= 11 is 1.37. The summed E-state index contributed by atoms with van der Waals surface area (Å²) in [4.78, 5) is 5.05. The maximum atomic E-state index is 13.2. The molecule has 0 unspecified atom stereocenters. The first-order chi connectivity index (χ1) is 12.4. The Morgan fingerprint density at radius 1 is 1.08 bits per heavy atom. The Morgan fingerprint density at radius 3 is 2.27 bits per heavy atom. The van der Waals surface area contributed by atoms with Crippen molar-refractivity contribution in [3.05, 3.63) is 92.1 Å². The van der Waals surface area contributed by atoms with Crippen molar-refractivity contribution in [2.75, 3.05) is 0 Å². The summed E-state index contributed by atoms with van der Waals surface area (Å²) < 4.78 is 26.5. The molecule has 26 heavy (non-hydrogen) atoms. The van der Waals surface area contributed by atoms with Gasteiger partial charge in [-0.3, -0.25) is 0 Å². The third-order valence-corrected chi connectivity index (χ3v) is 6.98. The van der Waals surface area contributed by atoms with Crippen LogP contribution in [0.4, 0.5) is 0 Å². The van der Waals surface area contributed by atoms with Crippen LogP contribution in [-0.2, 0) is 9.84 Å². The molecule has 1 aliphatic rings. The number of allylic oxidation sites excluding steroid dienone is 4. The average Bonchev–Trinajstić information content (AvgIpc) is 3.03. The van der Waals surface area contributed by atoms with Crippen LogP contribution in [0.15, 0.2) is 59.8 Å². The van der Waals surface area contributed by atoms with Crippen molar-refractivity contribution in [3.8, 4) is 6.07 Å². The number of hydrogen-bond donors (Lipinski definition) is 0. The van der Waals surface area contributed by atoms with Crippen molar-refractivity contribution in [1.82, 2.24) is 0 Å². The summed E-state index contributed by atoms with van der Waals surface area (Å²) in [5.41, 5.74) is 1.74. The van der Waals surface area contributed by atoms with Gasteiger partial charge in [-0.25, -0.2) is 18.5 Å². The van der Waals surface area contributed by atoms with Crippen LogP contribution < -0.4 is 0 Å². The quantitative estimate of drug-likeness (QED) is 0.553. The zero-order valence-electron chi connectivity index (χ0n) is 14.1. The number of sulfone groups is 1. The van der Waals surface area contributed by atoms with Crippen molar-refractivity contribution in [2.24, 2.45) is 0 Å². The molecule has 6 heteroatoms. The van der Waals surface area contributed by atoms with Gasteiger partial charge in [0.2, 0.25) is 9.84 Å². The van der Waals surface area contributed by atoms with Gasteiger partial charge >= 0.3 is 0 Å². The van der Waals surface area contributed by atoms with Crippen LogP contribution in [0.2, 0.25) is 0 Å². The number of nitriles is 1. The van der Waals surface area contributed by atoms with Gasteiger partial charge in [0, 0.05) is 9.75 Å². The molecule has 0 atom stereocenters. The molecule has 0 bridgehead atoms. The lowest BCUT2D eigenvalue weighted by Crippen LogP contribution is -2.10. The fourth-order valence-corrected chi connectivity index (χ4v) is 5.43. The topological polar surface area (TPSA) is 62.3 Å². The first kappa shape index (κ1) is 17.9. The van der Waals surface area contributed by atoms with Gasteiger partial charge in [-0.15, -0.1) is 11.3 Å². The summed E-state index contributed by atoms with van der Waals surface area (Å²) in [7, 11) is -3.77. The van der Waals surface area contributed by atoms with E-state index in [1.54, 1.807) is 18.2 Å². The third kappa shape index (κ3) is 3.13. The van der Waals surface area contributed by atoms with Crippen LogP contribution in [0.3, 0.4) is 0 Å². The molecule has 0 radical (unpaired) electrons. The van der Waals surface area contributed by atoms with Crippen molar-refractivity contribution in [1.29, 1.82) is 5.26 Å². The molecule has 0 saturated heterocycles. The minimum atomic E-state index is -3.77. The Balaban J connectivity index is 2.31. The van der Waals surface area contributed by atoms with Gasteiger partial charge < -0.3 is 0 Å². The Hall–Kier alpha value is -2.93. The van der Waals surface area contributed by atoms with Gasteiger partial charge in [0.05, 0.1) is 22.5 Å². The van der Waals surface area contributed by atoms with Gasteiger partial charge in [0.1, 0.15) is 0 Å². The van der Waals surface area contributed by atoms with E-state index < -0.39 is 9.84 Å². The molecule has 1 aromatic carbocycles. The van der Waals surface area contributed by atoms with E-state index in [0.717, 1.165) is 10.4 Å². The largest absolute Gasteiger partial charge is 0.269 e. The summed E-state index contributed by atoms with van der Waals surface area (Å²) in [6.45, 7) is 11.0. The molecule has 1 aliphatic heterocycles. The number of nitrogens with zero attached hydrogens (tertiary/aromatic N) is 2. The molecular weight excluding hydrogens is 364 g/mol. The van der Waals surface area contributed by atoms with Crippen LogP contribution >= 0.6 is 11.3 Å². The number of hydrogen-bond acceptors (Lipinski definition) is 4. The Kier molecular flexibility index (Phi) is 4.65. The second-order valence-corrected chi connectivity index (χ2v) is 9.00. The highest BCUT2D eigenvalue weighted by atomic mass is 32.2. The average molecular weight is 378 g/mol. The van der Waals surface area contributed by atoms with E-state index in [9.17, 15) is 13.7 Å². The predicted octanol–water partition coefficient (Wildman–Crippen LogP) is 4.87. The van der Waals surface area contributed by atoms with Crippen LogP contribution in [-0.4, -0.2) is 8.42 Å². The second kappa shape index (κ2) is 6.76. The minimum Gasteiger partial charge on any atom is -0.226 e. The van der Waals surface area contributed by atoms with E-state index in [2.05, 4.69) is 4.85 Å². The van der Waals surface area contributed by atoms with Crippen molar-refractivity contribution >= 4 is 31.0 Å². The molecule has 0 N–H and O–H groups in total. The fraction of sp³-hybridized carbons (Fsp3) is 0.100. The minimum absolute atomic E-state index is 0.104. The van der Waals surface area contributed by atoms with Crippen LogP contribution in [0, 0.1) is 31.8 Å². The van der Waals surface area contributed by atoms with E-state index in [1.807, 2.05) is 38.1 Å². The molecular formula is C20H14N2O2S2. The molecule has 0 amide bonds. The molecule has 0 spiro atoms. The van der Waals surface area contributed by atoms with E-state index in [4.69, 9.17) is 6.57 Å².